The molecule has 1 aromatic rings. The maximum absolute atomic E-state index is 12.0. The molecule has 0 bridgehead atoms. The summed E-state index contributed by atoms with van der Waals surface area (Å²) in [6, 6.07) is 4.23. The number of hydrogen-bond donors (Lipinski definition) is 1. The van der Waals surface area contributed by atoms with Gasteiger partial charge in [0.25, 0.3) is 5.91 Å². The summed E-state index contributed by atoms with van der Waals surface area (Å²) in [5, 5.41) is 2.95. The van der Waals surface area contributed by atoms with E-state index in [0.717, 1.165) is 17.1 Å². The van der Waals surface area contributed by atoms with Crippen molar-refractivity contribution in [2.45, 2.75) is 37.6 Å². The van der Waals surface area contributed by atoms with Crippen LogP contribution in [0.25, 0.3) is 0 Å². The average molecular weight is 363 g/mol. The molecule has 0 fully saturated rings. The van der Waals surface area contributed by atoms with Gasteiger partial charge >= 0.3 is 0 Å². The van der Waals surface area contributed by atoms with Gasteiger partial charge in [-0.3, -0.25) is 4.79 Å². The molecule has 6 nitrogen and oxygen atoms in total. The van der Waals surface area contributed by atoms with Crippen molar-refractivity contribution in [3.63, 3.8) is 0 Å². The molecule has 1 N–H and O–H groups in total. The summed E-state index contributed by atoms with van der Waals surface area (Å²) < 4.78 is 30.5. The highest BCUT2D eigenvalue weighted by atomic mass is 35.5. The number of hydrogen-bond acceptors (Lipinski definition) is 4. The number of carbonyl (C=O) groups is 1. The number of rotatable bonds is 8. The van der Waals surface area contributed by atoms with Crippen molar-refractivity contribution in [1.29, 1.82) is 0 Å². The van der Waals surface area contributed by atoms with E-state index in [1.165, 1.54) is 32.3 Å². The highest BCUT2D eigenvalue weighted by molar-refractivity contribution is 7.89. The third kappa shape index (κ3) is 5.67. The highest BCUT2D eigenvalue weighted by Gasteiger charge is 2.19. The van der Waals surface area contributed by atoms with Gasteiger partial charge in [0.2, 0.25) is 10.0 Å². The number of nitrogens with zero attached hydrogens (tertiary/aromatic N) is 1. The Hall–Kier alpha value is -1.31. The van der Waals surface area contributed by atoms with Gasteiger partial charge in [-0.1, -0.05) is 24.9 Å². The number of nitrogens with one attached hydrogen (secondary N) is 1. The standard InChI is InChI=1S/C15H23ClN2O4S/c1-5-6-11(2)17-15(19)10-22-14-8-7-12(9-13(14)16)23(20,21)18(3)4/h7-9,11H,5-6,10H2,1-4H3,(H,17,19)/t11-/m0/s1. The van der Waals surface area contributed by atoms with E-state index in [1.54, 1.807) is 0 Å². The molecule has 0 aliphatic heterocycles. The number of sulfonamides is 1. The molecule has 0 spiro atoms. The van der Waals surface area contributed by atoms with Gasteiger partial charge in [0.05, 0.1) is 9.92 Å². The molecule has 23 heavy (non-hydrogen) atoms. The first-order valence-corrected chi connectivity index (χ1v) is 9.14. The molecule has 0 saturated carbocycles. The molecule has 1 aromatic carbocycles. The monoisotopic (exact) mass is 362 g/mol. The topological polar surface area (TPSA) is 75.7 Å². The van der Waals surface area contributed by atoms with Crippen LogP contribution in [0.15, 0.2) is 23.1 Å². The molecule has 0 aromatic heterocycles. The van der Waals surface area contributed by atoms with E-state index in [9.17, 15) is 13.2 Å². The van der Waals surface area contributed by atoms with Crippen LogP contribution in [0, 0.1) is 0 Å². The van der Waals surface area contributed by atoms with Crippen LogP contribution in [0.2, 0.25) is 5.02 Å². The van der Waals surface area contributed by atoms with E-state index in [1.807, 2.05) is 13.8 Å². The largest absolute Gasteiger partial charge is 0.482 e. The van der Waals surface area contributed by atoms with E-state index in [2.05, 4.69) is 5.32 Å². The second kappa shape index (κ2) is 8.52. The summed E-state index contributed by atoms with van der Waals surface area (Å²) >= 11 is 6.04. The third-order valence-corrected chi connectivity index (χ3v) is 5.28. The summed E-state index contributed by atoms with van der Waals surface area (Å²) in [6.45, 7) is 3.80. The van der Waals surface area contributed by atoms with Crippen LogP contribution in [0.5, 0.6) is 5.75 Å². The molecule has 0 saturated heterocycles. The number of ether oxygens (including phenoxy) is 1. The van der Waals surface area contributed by atoms with Crippen molar-refractivity contribution in [3.8, 4) is 5.75 Å². The summed E-state index contributed by atoms with van der Waals surface area (Å²) in [6.07, 6.45) is 1.87. The number of carbonyl (C=O) groups excluding carboxylic acids is 1. The van der Waals surface area contributed by atoms with Crippen molar-refractivity contribution in [2.24, 2.45) is 0 Å². The van der Waals surface area contributed by atoms with Gasteiger partial charge in [-0.05, 0) is 31.5 Å². The van der Waals surface area contributed by atoms with Crippen LogP contribution in [-0.2, 0) is 14.8 Å². The van der Waals surface area contributed by atoms with Crippen LogP contribution in [0.3, 0.4) is 0 Å². The Morgan fingerprint density at radius 3 is 2.57 bits per heavy atom. The van der Waals surface area contributed by atoms with Crippen molar-refractivity contribution in [3.05, 3.63) is 23.2 Å². The Morgan fingerprint density at radius 1 is 1.39 bits per heavy atom. The van der Waals surface area contributed by atoms with Crippen molar-refractivity contribution in [2.75, 3.05) is 20.7 Å². The van der Waals surface area contributed by atoms with E-state index in [4.69, 9.17) is 16.3 Å². The first kappa shape index (κ1) is 19.7. The lowest BCUT2D eigenvalue weighted by Crippen LogP contribution is -2.35. The molecule has 0 unspecified atom stereocenters. The number of halogens is 1. The molecule has 8 heteroatoms. The molecule has 0 radical (unpaired) electrons. The van der Waals surface area contributed by atoms with Crippen LogP contribution in [-0.4, -0.2) is 45.4 Å². The second-order valence-electron chi connectivity index (χ2n) is 5.43. The van der Waals surface area contributed by atoms with Gasteiger partial charge < -0.3 is 10.1 Å². The minimum Gasteiger partial charge on any atom is -0.482 e. The molecule has 0 heterocycles. The molecular weight excluding hydrogens is 340 g/mol. The fourth-order valence-corrected chi connectivity index (χ4v) is 3.16. The van der Waals surface area contributed by atoms with E-state index in [0.29, 0.717) is 0 Å². The van der Waals surface area contributed by atoms with Gasteiger partial charge in [0, 0.05) is 20.1 Å². The maximum atomic E-state index is 12.0. The van der Waals surface area contributed by atoms with E-state index >= 15 is 0 Å². The van der Waals surface area contributed by atoms with Crippen molar-refractivity contribution >= 4 is 27.5 Å². The lowest BCUT2D eigenvalue weighted by atomic mass is 10.2. The number of amides is 1. The fraction of sp³-hybridized carbons (Fsp3) is 0.533. The molecule has 0 aliphatic rings. The summed E-state index contributed by atoms with van der Waals surface area (Å²) in [5.41, 5.74) is 0. The summed E-state index contributed by atoms with van der Waals surface area (Å²) in [5.74, 6) is 0.0228. The normalized spacial score (nSPS) is 13.0. The fourth-order valence-electron chi connectivity index (χ4n) is 1.93. The summed E-state index contributed by atoms with van der Waals surface area (Å²) in [7, 11) is -0.676. The predicted molar refractivity (Wildman–Crippen MR) is 90.3 cm³/mol. The zero-order valence-electron chi connectivity index (χ0n) is 13.8. The van der Waals surface area contributed by atoms with E-state index < -0.39 is 10.0 Å². The van der Waals surface area contributed by atoms with Gasteiger partial charge in [-0.2, -0.15) is 0 Å². The minimum absolute atomic E-state index is 0.0702. The third-order valence-electron chi connectivity index (χ3n) is 3.17. The lowest BCUT2D eigenvalue weighted by molar-refractivity contribution is -0.123. The molecule has 0 aliphatic carbocycles. The Balaban J connectivity index is 2.72. The predicted octanol–water partition coefficient (Wildman–Crippen LogP) is 2.27. The first-order chi connectivity index (χ1) is 10.7. The van der Waals surface area contributed by atoms with E-state index in [-0.39, 0.29) is 34.2 Å². The van der Waals surface area contributed by atoms with Gasteiger partial charge in [-0.25, -0.2) is 12.7 Å². The SMILES string of the molecule is CCC[C@H](C)NC(=O)COc1ccc(S(=O)(=O)N(C)C)cc1Cl. The Morgan fingerprint density at radius 2 is 2.04 bits per heavy atom. The molecule has 130 valence electrons. The lowest BCUT2D eigenvalue weighted by Gasteiger charge is -2.15. The Kier molecular flexibility index (Phi) is 7.31. The van der Waals surface area contributed by atoms with Gasteiger partial charge in [0.15, 0.2) is 6.61 Å². The molecule has 1 rings (SSSR count). The Labute approximate surface area is 142 Å². The van der Waals surface area contributed by atoms with Gasteiger partial charge in [-0.15, -0.1) is 0 Å². The smallest absolute Gasteiger partial charge is 0.258 e. The zero-order valence-corrected chi connectivity index (χ0v) is 15.4. The highest BCUT2D eigenvalue weighted by Crippen LogP contribution is 2.28. The summed E-state index contributed by atoms with van der Waals surface area (Å²) in [4.78, 5) is 11.8. The maximum Gasteiger partial charge on any atom is 0.258 e. The van der Waals surface area contributed by atoms with Crippen LogP contribution < -0.4 is 10.1 Å². The molecule has 1 amide bonds. The first-order valence-electron chi connectivity index (χ1n) is 7.32. The number of benzene rings is 1. The average Bonchev–Trinajstić information content (AvgIpc) is 2.45. The quantitative estimate of drug-likeness (QED) is 0.769. The van der Waals surface area contributed by atoms with Crippen LogP contribution in [0.1, 0.15) is 26.7 Å². The zero-order chi connectivity index (χ0) is 17.6. The second-order valence-corrected chi connectivity index (χ2v) is 7.98. The molecular formula is C15H23ClN2O4S. The van der Waals surface area contributed by atoms with Gasteiger partial charge in [0.1, 0.15) is 5.75 Å². The van der Waals surface area contributed by atoms with Crippen LogP contribution >= 0.6 is 11.6 Å². The van der Waals surface area contributed by atoms with Crippen LogP contribution in [0.4, 0.5) is 0 Å². The Bertz CT molecular complexity index is 647. The van der Waals surface area contributed by atoms with Crippen molar-refractivity contribution in [1.82, 2.24) is 9.62 Å². The molecule has 1 atom stereocenters. The van der Waals surface area contributed by atoms with Crippen molar-refractivity contribution < 1.29 is 17.9 Å². The minimum atomic E-state index is -3.56.